The third-order valence-corrected chi connectivity index (χ3v) is 9.42. The number of carbonyl (C=O) groups is 2. The number of hydrogen-bond donors (Lipinski definition) is 3. The van der Waals surface area contributed by atoms with Crippen LogP contribution in [0.3, 0.4) is 0 Å². The van der Waals surface area contributed by atoms with Crippen molar-refractivity contribution in [1.29, 1.82) is 0 Å². The highest BCUT2D eigenvalue weighted by Crippen LogP contribution is 2.71. The number of aliphatic hydroxyl groups is 3. The molecule has 0 saturated heterocycles. The van der Waals surface area contributed by atoms with Gasteiger partial charge < -0.3 is 15.3 Å². The van der Waals surface area contributed by atoms with Crippen LogP contribution in [0, 0.1) is 28.6 Å². The fourth-order valence-corrected chi connectivity index (χ4v) is 7.92. The van der Waals surface area contributed by atoms with Crippen molar-refractivity contribution in [2.24, 2.45) is 28.6 Å². The number of carbonyl (C=O) groups excluding carboxylic acids is 2. The second-order valence-electron chi connectivity index (χ2n) is 9.82. The zero-order valence-corrected chi connectivity index (χ0v) is 18.1. The summed E-state index contributed by atoms with van der Waals surface area (Å²) in [7, 11) is 0. The minimum absolute atomic E-state index is 0.0459. The quantitative estimate of drug-likeness (QED) is 0.569. The lowest BCUT2D eigenvalue weighted by atomic mass is 9.44. The molecule has 166 valence electrons. The van der Waals surface area contributed by atoms with Crippen molar-refractivity contribution in [2.45, 2.75) is 63.6 Å². The van der Waals surface area contributed by atoms with E-state index in [1.54, 1.807) is 13.8 Å². The Labute approximate surface area is 178 Å². The van der Waals surface area contributed by atoms with Crippen LogP contribution in [0.1, 0.15) is 40.0 Å². The van der Waals surface area contributed by atoms with Crippen LogP contribution in [-0.2, 0) is 9.59 Å². The summed E-state index contributed by atoms with van der Waals surface area (Å²) in [5.41, 5.74) is -6.71. The summed E-state index contributed by atoms with van der Waals surface area (Å²) in [5, 5.41) is 31.3. The van der Waals surface area contributed by atoms with Crippen LogP contribution >= 0.6 is 11.8 Å². The van der Waals surface area contributed by atoms with Gasteiger partial charge in [-0.2, -0.15) is 0 Å². The zero-order chi connectivity index (χ0) is 22.3. The monoisotopic (exact) mass is 442 g/mol. The molecule has 8 heteroatoms. The van der Waals surface area contributed by atoms with E-state index >= 15 is 8.78 Å². The van der Waals surface area contributed by atoms with E-state index in [4.69, 9.17) is 0 Å². The predicted octanol–water partition coefficient (Wildman–Crippen LogP) is 2.49. The van der Waals surface area contributed by atoms with Crippen molar-refractivity contribution in [3.63, 3.8) is 0 Å². The maximum Gasteiger partial charge on any atom is 0.223 e. The second kappa shape index (κ2) is 6.70. The van der Waals surface area contributed by atoms with E-state index in [9.17, 15) is 24.9 Å². The number of halogens is 2. The molecule has 0 radical (unpaired) electrons. The molecule has 0 heterocycles. The van der Waals surface area contributed by atoms with Crippen LogP contribution in [0.5, 0.6) is 0 Å². The Kier molecular flexibility index (Phi) is 4.94. The van der Waals surface area contributed by atoms with Crippen LogP contribution < -0.4 is 0 Å². The molecular weight excluding hydrogens is 414 g/mol. The molecule has 0 aromatic heterocycles. The fourth-order valence-electron chi connectivity index (χ4n) is 7.14. The lowest BCUT2D eigenvalue weighted by Crippen LogP contribution is -2.70. The van der Waals surface area contributed by atoms with Crippen LogP contribution in [0.4, 0.5) is 8.78 Å². The molecule has 3 fully saturated rings. The van der Waals surface area contributed by atoms with Gasteiger partial charge in [0, 0.05) is 16.7 Å². The molecule has 4 aliphatic carbocycles. The van der Waals surface area contributed by atoms with Gasteiger partial charge in [0.05, 0.1) is 12.0 Å². The van der Waals surface area contributed by atoms with Crippen molar-refractivity contribution in [3.05, 3.63) is 23.8 Å². The van der Waals surface area contributed by atoms with E-state index in [1.165, 1.54) is 19.1 Å². The van der Waals surface area contributed by atoms with E-state index in [1.807, 2.05) is 0 Å². The van der Waals surface area contributed by atoms with Crippen molar-refractivity contribution in [1.82, 2.24) is 0 Å². The van der Waals surface area contributed by atoms with Crippen molar-refractivity contribution in [3.8, 4) is 0 Å². The molecule has 3 saturated carbocycles. The molecule has 5 nitrogen and oxygen atoms in total. The first-order chi connectivity index (χ1) is 13.9. The van der Waals surface area contributed by atoms with Gasteiger partial charge in [0.2, 0.25) is 5.12 Å². The molecule has 0 spiro atoms. The first kappa shape index (κ1) is 22.1. The van der Waals surface area contributed by atoms with Crippen molar-refractivity contribution < 1.29 is 33.7 Å². The van der Waals surface area contributed by atoms with Gasteiger partial charge in [-0.15, -0.1) is 0 Å². The summed E-state index contributed by atoms with van der Waals surface area (Å²) < 4.78 is 32.2. The molecule has 0 amide bonds. The number of ketones is 1. The third kappa shape index (κ3) is 2.39. The number of aliphatic hydroxyl groups excluding tert-OH is 2. The zero-order valence-electron chi connectivity index (χ0n) is 17.3. The molecule has 0 aromatic carbocycles. The maximum atomic E-state index is 16.9. The Balaban J connectivity index is 1.84. The first-order valence-corrected chi connectivity index (χ1v) is 11.3. The number of fused-ring (bicyclic) bond motifs is 5. The standard InChI is InChI=1S/C22H28F2O5S/c1-11-6-13-14-8-16(23)15-7-12(26)4-5-19(15,2)21(14,24)17(27)9-20(13,3)22(11,29)18(28)30-10-25/h4-5,7,11,13-14,16-17,25,27,29H,6,8-10H2,1-3H3/t11-,13?,14?,16+,17+,19+,20+,21+,22+/m1/s1. The normalized spacial score (nSPS) is 52.3. The smallest absolute Gasteiger partial charge is 0.223 e. The molecular formula is C22H28F2O5S. The Hall–Kier alpha value is -1.09. The van der Waals surface area contributed by atoms with Crippen molar-refractivity contribution >= 4 is 22.7 Å². The van der Waals surface area contributed by atoms with Gasteiger partial charge in [0.25, 0.3) is 0 Å². The molecule has 30 heavy (non-hydrogen) atoms. The summed E-state index contributed by atoms with van der Waals surface area (Å²) in [6.07, 6.45) is 0.508. The average molecular weight is 443 g/mol. The highest BCUT2D eigenvalue weighted by molar-refractivity contribution is 8.13. The van der Waals surface area contributed by atoms with Crippen LogP contribution in [0.15, 0.2) is 23.8 Å². The number of thioether (sulfide) groups is 1. The topological polar surface area (TPSA) is 94.8 Å². The Morgan fingerprint density at radius 3 is 2.60 bits per heavy atom. The third-order valence-electron chi connectivity index (χ3n) is 8.72. The van der Waals surface area contributed by atoms with E-state index < -0.39 is 69.0 Å². The number of alkyl halides is 2. The highest BCUT2D eigenvalue weighted by atomic mass is 32.2. The summed E-state index contributed by atoms with van der Waals surface area (Å²) in [5.74, 6) is -2.93. The van der Waals surface area contributed by atoms with Gasteiger partial charge in [0.15, 0.2) is 11.5 Å². The minimum Gasteiger partial charge on any atom is -0.390 e. The van der Waals surface area contributed by atoms with Gasteiger partial charge in [0.1, 0.15) is 11.8 Å². The summed E-state index contributed by atoms with van der Waals surface area (Å²) in [6.45, 7) is 4.89. The molecule has 4 rings (SSSR count). The fraction of sp³-hybridized carbons (Fsp3) is 0.727. The number of hydrogen-bond acceptors (Lipinski definition) is 6. The van der Waals surface area contributed by atoms with Gasteiger partial charge in [-0.25, -0.2) is 8.78 Å². The Morgan fingerprint density at radius 1 is 1.30 bits per heavy atom. The van der Waals surface area contributed by atoms with Gasteiger partial charge in [-0.05, 0) is 55.7 Å². The molecule has 0 aliphatic heterocycles. The van der Waals surface area contributed by atoms with Crippen LogP contribution in [0.25, 0.3) is 0 Å². The van der Waals surface area contributed by atoms with E-state index in [0.29, 0.717) is 18.2 Å². The lowest BCUT2D eigenvalue weighted by molar-refractivity contribution is -0.221. The van der Waals surface area contributed by atoms with Crippen molar-refractivity contribution in [2.75, 3.05) is 5.94 Å². The van der Waals surface area contributed by atoms with Gasteiger partial charge in [-0.1, -0.05) is 31.7 Å². The molecule has 2 unspecified atom stereocenters. The van der Waals surface area contributed by atoms with Crippen LogP contribution in [0.2, 0.25) is 0 Å². The lowest BCUT2D eigenvalue weighted by Gasteiger charge is -2.63. The number of allylic oxidation sites excluding steroid dienone is 4. The predicted molar refractivity (Wildman–Crippen MR) is 108 cm³/mol. The Bertz CT molecular complexity index is 860. The van der Waals surface area contributed by atoms with Gasteiger partial charge in [-0.3, -0.25) is 9.59 Å². The molecule has 4 aliphatic rings. The summed E-state index contributed by atoms with van der Waals surface area (Å²) in [6, 6.07) is 0. The molecule has 9 atom stereocenters. The van der Waals surface area contributed by atoms with Gasteiger partial charge >= 0.3 is 0 Å². The first-order valence-electron chi connectivity index (χ1n) is 10.3. The molecule has 0 aromatic rings. The number of rotatable bonds is 2. The van der Waals surface area contributed by atoms with E-state index in [2.05, 4.69) is 0 Å². The summed E-state index contributed by atoms with van der Waals surface area (Å²) in [4.78, 5) is 24.7. The highest BCUT2D eigenvalue weighted by Gasteiger charge is 2.76. The summed E-state index contributed by atoms with van der Waals surface area (Å²) >= 11 is 0.593. The molecule has 3 N–H and O–H groups in total. The van der Waals surface area contributed by atoms with E-state index in [-0.39, 0.29) is 18.4 Å². The largest absolute Gasteiger partial charge is 0.390 e. The molecule has 0 bridgehead atoms. The SMILES string of the molecule is C[C@@H]1CC2C3C[C@H](F)C4=CC(=O)C=C[C@]4(C)[C@@]3(F)[C@@H](O)C[C@]2(C)[C@@]1(O)C(=O)SCO. The maximum absolute atomic E-state index is 16.9. The van der Waals surface area contributed by atoms with Crippen LogP contribution in [-0.4, -0.2) is 55.7 Å². The minimum atomic E-state index is -2.24. The second-order valence-corrected chi connectivity index (χ2v) is 10.7. The average Bonchev–Trinajstić information content (AvgIpc) is 2.88. The van der Waals surface area contributed by atoms with E-state index in [0.717, 1.165) is 6.08 Å². The Morgan fingerprint density at radius 2 is 1.97 bits per heavy atom.